The maximum absolute atomic E-state index is 12.6. The second-order valence-electron chi connectivity index (χ2n) is 5.61. The number of halogens is 1. The van der Waals surface area contributed by atoms with E-state index in [0.29, 0.717) is 21.9 Å². The van der Waals surface area contributed by atoms with Crippen molar-refractivity contribution in [1.82, 2.24) is 4.57 Å². The van der Waals surface area contributed by atoms with Crippen LogP contribution in [-0.4, -0.2) is 24.7 Å². The number of fused-ring (bicyclic) bond motifs is 1. The van der Waals surface area contributed by atoms with Crippen LogP contribution >= 0.6 is 22.9 Å². The fourth-order valence-electron chi connectivity index (χ4n) is 2.74. The molecule has 1 heterocycles. The molecule has 0 aliphatic heterocycles. The highest BCUT2D eigenvalue weighted by atomic mass is 35.5. The summed E-state index contributed by atoms with van der Waals surface area (Å²) in [5.74, 6) is 1.12. The second kappa shape index (κ2) is 7.93. The average molecular weight is 391 g/mol. The lowest BCUT2D eigenvalue weighted by Crippen LogP contribution is -2.17. The van der Waals surface area contributed by atoms with Crippen LogP contribution in [0.4, 0.5) is 0 Å². The monoisotopic (exact) mass is 390 g/mol. The number of hydrogen-bond acceptors (Lipinski definition) is 4. The summed E-state index contributed by atoms with van der Waals surface area (Å²) in [5.41, 5.74) is 1.34. The van der Waals surface area contributed by atoms with Crippen LogP contribution in [0.15, 0.2) is 41.4 Å². The van der Waals surface area contributed by atoms with Crippen molar-refractivity contribution < 1.29 is 14.3 Å². The van der Waals surface area contributed by atoms with Crippen LogP contribution in [0.25, 0.3) is 10.2 Å². The Balaban J connectivity index is 2.24. The van der Waals surface area contributed by atoms with Crippen LogP contribution in [0, 0.1) is 0 Å². The Morgan fingerprint density at radius 2 is 1.92 bits per heavy atom. The van der Waals surface area contributed by atoms with Gasteiger partial charge in [0.15, 0.2) is 4.80 Å². The van der Waals surface area contributed by atoms with Crippen LogP contribution < -0.4 is 14.3 Å². The molecule has 2 aromatic carbocycles. The lowest BCUT2D eigenvalue weighted by atomic mass is 10.2. The van der Waals surface area contributed by atoms with Gasteiger partial charge in [0.1, 0.15) is 21.7 Å². The molecule has 0 atom stereocenters. The highest BCUT2D eigenvalue weighted by Gasteiger charge is 2.16. The summed E-state index contributed by atoms with van der Waals surface area (Å²) in [6.07, 6.45) is 0.894. The van der Waals surface area contributed by atoms with Gasteiger partial charge < -0.3 is 14.0 Å². The molecular weight excluding hydrogens is 372 g/mol. The summed E-state index contributed by atoms with van der Waals surface area (Å²) in [6, 6.07) is 10.5. The molecule has 0 spiro atoms. The maximum Gasteiger partial charge on any atom is 0.279 e. The standard InChI is InChI=1S/C19H19ClN2O3S/c1-4-10-22-16-14(24-2)8-9-15(25-3)17(16)26-19(22)21-18(23)12-6-5-7-13(20)11-12/h5-9,11H,4,10H2,1-3H3. The van der Waals surface area contributed by atoms with E-state index in [0.717, 1.165) is 28.1 Å². The van der Waals surface area contributed by atoms with E-state index < -0.39 is 0 Å². The zero-order chi connectivity index (χ0) is 18.7. The zero-order valence-electron chi connectivity index (χ0n) is 14.8. The summed E-state index contributed by atoms with van der Waals surface area (Å²) < 4.78 is 13.9. The minimum absolute atomic E-state index is 0.332. The summed E-state index contributed by atoms with van der Waals surface area (Å²) in [4.78, 5) is 17.6. The minimum atomic E-state index is -0.332. The van der Waals surface area contributed by atoms with Crippen LogP contribution in [0.1, 0.15) is 23.7 Å². The smallest absolute Gasteiger partial charge is 0.279 e. The number of rotatable bonds is 5. The SMILES string of the molecule is CCCn1c(=NC(=O)c2cccc(Cl)c2)sc2c(OC)ccc(OC)c21. The molecule has 0 N–H and O–H groups in total. The van der Waals surface area contributed by atoms with Crippen molar-refractivity contribution in [2.45, 2.75) is 19.9 Å². The molecule has 0 saturated heterocycles. The summed E-state index contributed by atoms with van der Waals surface area (Å²) in [6.45, 7) is 2.79. The topological polar surface area (TPSA) is 52.8 Å². The molecule has 0 fully saturated rings. The molecule has 1 amide bonds. The van der Waals surface area contributed by atoms with Gasteiger partial charge in [0.05, 0.1) is 14.2 Å². The van der Waals surface area contributed by atoms with Crippen LogP contribution in [0.2, 0.25) is 5.02 Å². The molecule has 136 valence electrons. The second-order valence-corrected chi connectivity index (χ2v) is 7.03. The highest BCUT2D eigenvalue weighted by molar-refractivity contribution is 7.16. The molecule has 0 aliphatic carbocycles. The van der Waals surface area contributed by atoms with Crippen LogP contribution in [0.5, 0.6) is 11.5 Å². The molecule has 0 saturated carbocycles. The predicted molar refractivity (Wildman–Crippen MR) is 105 cm³/mol. The number of amides is 1. The average Bonchev–Trinajstić information content (AvgIpc) is 2.99. The summed E-state index contributed by atoms with van der Waals surface area (Å²) >= 11 is 7.40. The molecule has 0 bridgehead atoms. The third kappa shape index (κ3) is 3.48. The van der Waals surface area contributed by atoms with Gasteiger partial charge >= 0.3 is 0 Å². The number of thiazole rings is 1. The number of ether oxygens (including phenoxy) is 2. The molecule has 0 radical (unpaired) electrons. The van der Waals surface area contributed by atoms with Crippen molar-refractivity contribution in [3.8, 4) is 11.5 Å². The molecule has 7 heteroatoms. The predicted octanol–water partition coefficient (Wildman–Crippen LogP) is 4.52. The van der Waals surface area contributed by atoms with E-state index in [1.807, 2.05) is 16.7 Å². The van der Waals surface area contributed by atoms with Crippen molar-refractivity contribution in [1.29, 1.82) is 0 Å². The third-order valence-electron chi connectivity index (χ3n) is 3.91. The van der Waals surface area contributed by atoms with E-state index >= 15 is 0 Å². The number of nitrogens with zero attached hydrogens (tertiary/aromatic N) is 2. The lowest BCUT2D eigenvalue weighted by molar-refractivity contribution is 0.0998. The van der Waals surface area contributed by atoms with Gasteiger partial charge in [-0.1, -0.05) is 35.9 Å². The quantitative estimate of drug-likeness (QED) is 0.643. The number of benzene rings is 2. The van der Waals surface area contributed by atoms with Gasteiger partial charge in [-0.05, 0) is 36.8 Å². The number of hydrogen-bond donors (Lipinski definition) is 0. The third-order valence-corrected chi connectivity index (χ3v) is 5.24. The van der Waals surface area contributed by atoms with Crippen molar-refractivity contribution in [2.75, 3.05) is 14.2 Å². The largest absolute Gasteiger partial charge is 0.495 e. The lowest BCUT2D eigenvalue weighted by Gasteiger charge is -2.09. The summed E-state index contributed by atoms with van der Waals surface area (Å²) in [7, 11) is 3.25. The Bertz CT molecular complexity index is 1020. The van der Waals surface area contributed by atoms with Gasteiger partial charge in [0.2, 0.25) is 0 Å². The Morgan fingerprint density at radius 3 is 2.58 bits per heavy atom. The van der Waals surface area contributed by atoms with E-state index in [1.165, 1.54) is 11.3 Å². The molecule has 0 unspecified atom stereocenters. The Labute approximate surface area is 160 Å². The van der Waals surface area contributed by atoms with Crippen molar-refractivity contribution in [3.05, 3.63) is 51.8 Å². The molecule has 26 heavy (non-hydrogen) atoms. The van der Waals surface area contributed by atoms with Crippen molar-refractivity contribution in [2.24, 2.45) is 4.99 Å². The first-order chi connectivity index (χ1) is 12.6. The highest BCUT2D eigenvalue weighted by Crippen LogP contribution is 2.35. The Morgan fingerprint density at radius 1 is 1.19 bits per heavy atom. The maximum atomic E-state index is 12.6. The van der Waals surface area contributed by atoms with Crippen molar-refractivity contribution in [3.63, 3.8) is 0 Å². The zero-order valence-corrected chi connectivity index (χ0v) is 16.4. The van der Waals surface area contributed by atoms with E-state index in [1.54, 1.807) is 38.5 Å². The number of carbonyl (C=O) groups is 1. The molecule has 1 aromatic heterocycles. The number of aryl methyl sites for hydroxylation is 1. The first-order valence-corrected chi connectivity index (χ1v) is 9.37. The first kappa shape index (κ1) is 18.5. The van der Waals surface area contributed by atoms with Crippen LogP contribution in [0.3, 0.4) is 0 Å². The van der Waals surface area contributed by atoms with Gasteiger partial charge in [0, 0.05) is 17.1 Å². The molecule has 3 aromatic rings. The summed E-state index contributed by atoms with van der Waals surface area (Å²) in [5, 5.41) is 0.507. The first-order valence-electron chi connectivity index (χ1n) is 8.18. The van der Waals surface area contributed by atoms with Gasteiger partial charge in [0.25, 0.3) is 5.91 Å². The van der Waals surface area contributed by atoms with E-state index in [-0.39, 0.29) is 5.91 Å². The number of aromatic nitrogens is 1. The molecular formula is C19H19ClN2O3S. The van der Waals surface area contributed by atoms with Crippen molar-refractivity contribution >= 4 is 39.1 Å². The van der Waals surface area contributed by atoms with Gasteiger partial charge in [-0.2, -0.15) is 4.99 Å². The Hall–Kier alpha value is -2.31. The van der Waals surface area contributed by atoms with Gasteiger partial charge in [-0.25, -0.2) is 0 Å². The minimum Gasteiger partial charge on any atom is -0.495 e. The van der Waals surface area contributed by atoms with E-state index in [2.05, 4.69) is 11.9 Å². The van der Waals surface area contributed by atoms with Gasteiger partial charge in [-0.3, -0.25) is 4.79 Å². The molecule has 5 nitrogen and oxygen atoms in total. The fourth-order valence-corrected chi connectivity index (χ4v) is 4.10. The number of carbonyl (C=O) groups excluding carboxylic acids is 1. The normalized spacial score (nSPS) is 11.8. The van der Waals surface area contributed by atoms with Crippen LogP contribution in [-0.2, 0) is 6.54 Å². The molecule has 0 aliphatic rings. The fraction of sp³-hybridized carbons (Fsp3) is 0.263. The van der Waals surface area contributed by atoms with Gasteiger partial charge in [-0.15, -0.1) is 0 Å². The van der Waals surface area contributed by atoms with E-state index in [4.69, 9.17) is 21.1 Å². The Kier molecular flexibility index (Phi) is 5.64. The molecule has 3 rings (SSSR count). The number of methoxy groups -OCH3 is 2. The van der Waals surface area contributed by atoms with E-state index in [9.17, 15) is 4.79 Å².